The van der Waals surface area contributed by atoms with Gasteiger partial charge in [0, 0.05) is 37.3 Å². The third-order valence-corrected chi connectivity index (χ3v) is 5.06. The summed E-state index contributed by atoms with van der Waals surface area (Å²) in [6.45, 7) is 9.60. The van der Waals surface area contributed by atoms with E-state index in [1.165, 1.54) is 0 Å². The predicted molar refractivity (Wildman–Crippen MR) is 115 cm³/mol. The number of amides is 1. The van der Waals surface area contributed by atoms with E-state index in [4.69, 9.17) is 9.47 Å². The van der Waals surface area contributed by atoms with Gasteiger partial charge in [-0.05, 0) is 39.8 Å². The SMILES string of the molecule is COc1cc(-c2cn(CC3CN(C(=O)OC(C)(C)C)C3)nn2)ccc1-n1cnc(C)c1. The zero-order valence-corrected chi connectivity index (χ0v) is 18.6. The van der Waals surface area contributed by atoms with Gasteiger partial charge in [0.1, 0.15) is 17.0 Å². The lowest BCUT2D eigenvalue weighted by Gasteiger charge is -2.39. The van der Waals surface area contributed by atoms with Crippen molar-refractivity contribution in [3.05, 3.63) is 42.6 Å². The van der Waals surface area contributed by atoms with E-state index in [9.17, 15) is 4.79 Å². The lowest BCUT2D eigenvalue weighted by molar-refractivity contribution is -0.00390. The van der Waals surface area contributed by atoms with Gasteiger partial charge in [0.25, 0.3) is 0 Å². The van der Waals surface area contributed by atoms with Crippen LogP contribution in [0.4, 0.5) is 4.79 Å². The van der Waals surface area contributed by atoms with Crippen molar-refractivity contribution in [2.24, 2.45) is 5.92 Å². The molecule has 0 saturated carbocycles. The van der Waals surface area contributed by atoms with Gasteiger partial charge in [-0.25, -0.2) is 9.78 Å². The van der Waals surface area contributed by atoms with Gasteiger partial charge in [0.2, 0.25) is 0 Å². The maximum absolute atomic E-state index is 12.1. The van der Waals surface area contributed by atoms with Crippen molar-refractivity contribution in [2.45, 2.75) is 39.8 Å². The second-order valence-electron chi connectivity index (χ2n) is 8.89. The Bertz CT molecular complexity index is 1080. The molecular formula is C22H28N6O3. The number of benzene rings is 1. The quantitative estimate of drug-likeness (QED) is 0.624. The molecule has 164 valence electrons. The fourth-order valence-corrected chi connectivity index (χ4v) is 3.55. The van der Waals surface area contributed by atoms with Gasteiger partial charge in [0.15, 0.2) is 0 Å². The summed E-state index contributed by atoms with van der Waals surface area (Å²) in [5, 5.41) is 8.57. The Morgan fingerprint density at radius 1 is 1.23 bits per heavy atom. The van der Waals surface area contributed by atoms with Crippen LogP contribution in [0, 0.1) is 12.8 Å². The number of imidazole rings is 1. The summed E-state index contributed by atoms with van der Waals surface area (Å²) < 4.78 is 14.7. The molecule has 9 heteroatoms. The molecule has 31 heavy (non-hydrogen) atoms. The van der Waals surface area contributed by atoms with E-state index < -0.39 is 5.60 Å². The smallest absolute Gasteiger partial charge is 0.410 e. The van der Waals surface area contributed by atoms with Crippen LogP contribution in [-0.2, 0) is 11.3 Å². The molecule has 1 amide bonds. The summed E-state index contributed by atoms with van der Waals surface area (Å²) in [7, 11) is 1.65. The fourth-order valence-electron chi connectivity index (χ4n) is 3.55. The van der Waals surface area contributed by atoms with E-state index in [0.29, 0.717) is 25.6 Å². The van der Waals surface area contributed by atoms with Gasteiger partial charge >= 0.3 is 6.09 Å². The van der Waals surface area contributed by atoms with E-state index in [-0.39, 0.29) is 6.09 Å². The molecule has 9 nitrogen and oxygen atoms in total. The Kier molecular flexibility index (Phi) is 5.43. The standard InChI is InChI=1S/C22H28N6O3/c1-15-9-27(14-23-15)19-7-6-17(8-20(19)30-5)18-13-28(25-24-18)12-16-10-26(11-16)21(29)31-22(2,3)4/h6-9,13-14,16H,10-12H2,1-5H3. The summed E-state index contributed by atoms with van der Waals surface area (Å²) in [6.07, 6.45) is 5.38. The molecule has 4 rings (SSSR count). The summed E-state index contributed by atoms with van der Waals surface area (Å²) in [5.74, 6) is 1.07. The summed E-state index contributed by atoms with van der Waals surface area (Å²) in [6, 6.07) is 5.93. The summed E-state index contributed by atoms with van der Waals surface area (Å²) in [5.41, 5.74) is 3.07. The van der Waals surface area contributed by atoms with Gasteiger partial charge in [-0.1, -0.05) is 11.3 Å². The van der Waals surface area contributed by atoms with Crippen LogP contribution in [0.1, 0.15) is 26.5 Å². The van der Waals surface area contributed by atoms with E-state index in [2.05, 4.69) is 15.3 Å². The van der Waals surface area contributed by atoms with Crippen LogP contribution >= 0.6 is 0 Å². The van der Waals surface area contributed by atoms with E-state index >= 15 is 0 Å². The molecule has 3 aromatic rings. The molecule has 0 atom stereocenters. The zero-order valence-electron chi connectivity index (χ0n) is 18.6. The van der Waals surface area contributed by atoms with Crippen molar-refractivity contribution in [1.82, 2.24) is 29.4 Å². The molecule has 2 aromatic heterocycles. The van der Waals surface area contributed by atoms with Crippen molar-refractivity contribution < 1.29 is 14.3 Å². The van der Waals surface area contributed by atoms with Crippen molar-refractivity contribution >= 4 is 6.09 Å². The van der Waals surface area contributed by atoms with E-state index in [0.717, 1.165) is 28.4 Å². The van der Waals surface area contributed by atoms with E-state index in [1.54, 1.807) is 18.3 Å². The van der Waals surface area contributed by atoms with Gasteiger partial charge < -0.3 is 18.9 Å². The molecule has 3 heterocycles. The third kappa shape index (κ3) is 4.70. The Balaban J connectivity index is 1.40. The normalized spacial score (nSPS) is 14.4. The molecule has 0 aliphatic carbocycles. The minimum atomic E-state index is -0.476. The van der Waals surface area contributed by atoms with Crippen molar-refractivity contribution in [1.29, 1.82) is 0 Å². The first kappa shape index (κ1) is 20.9. The number of carbonyl (C=O) groups is 1. The Hall–Kier alpha value is -3.36. The minimum Gasteiger partial charge on any atom is -0.495 e. The zero-order chi connectivity index (χ0) is 22.2. The predicted octanol–water partition coefficient (Wildman–Crippen LogP) is 3.31. The molecular weight excluding hydrogens is 396 g/mol. The lowest BCUT2D eigenvalue weighted by Crippen LogP contribution is -2.52. The highest BCUT2D eigenvalue weighted by Gasteiger charge is 2.34. The number of carbonyl (C=O) groups excluding carboxylic acids is 1. The van der Waals surface area contributed by atoms with Crippen LogP contribution in [0.3, 0.4) is 0 Å². The van der Waals surface area contributed by atoms with Crippen LogP contribution in [0.25, 0.3) is 16.9 Å². The summed E-state index contributed by atoms with van der Waals surface area (Å²) in [4.78, 5) is 18.1. The molecule has 1 saturated heterocycles. The first-order valence-electron chi connectivity index (χ1n) is 10.3. The number of likely N-dealkylation sites (tertiary alicyclic amines) is 1. The number of nitrogens with zero attached hydrogens (tertiary/aromatic N) is 6. The molecule has 0 bridgehead atoms. The maximum Gasteiger partial charge on any atom is 0.410 e. The highest BCUT2D eigenvalue weighted by Crippen LogP contribution is 2.29. The largest absolute Gasteiger partial charge is 0.495 e. The molecule has 1 aliphatic rings. The number of rotatable bonds is 5. The van der Waals surface area contributed by atoms with Gasteiger partial charge in [-0.3, -0.25) is 4.68 Å². The van der Waals surface area contributed by atoms with Crippen molar-refractivity contribution in [3.8, 4) is 22.7 Å². The average Bonchev–Trinajstić information content (AvgIpc) is 3.31. The highest BCUT2D eigenvalue weighted by molar-refractivity contribution is 5.69. The highest BCUT2D eigenvalue weighted by atomic mass is 16.6. The van der Waals surface area contributed by atoms with Crippen LogP contribution in [0.5, 0.6) is 5.75 Å². The molecule has 1 fully saturated rings. The monoisotopic (exact) mass is 424 g/mol. The molecule has 1 aromatic carbocycles. The maximum atomic E-state index is 12.1. The molecule has 0 N–H and O–H groups in total. The Morgan fingerprint density at radius 2 is 2.00 bits per heavy atom. The first-order chi connectivity index (χ1) is 14.7. The van der Waals surface area contributed by atoms with Gasteiger partial charge in [-0.2, -0.15) is 0 Å². The van der Waals surface area contributed by atoms with Crippen LogP contribution in [-0.4, -0.2) is 61.3 Å². The first-order valence-corrected chi connectivity index (χ1v) is 10.3. The third-order valence-electron chi connectivity index (χ3n) is 5.06. The number of ether oxygens (including phenoxy) is 2. The van der Waals surface area contributed by atoms with E-state index in [1.807, 2.05) is 67.5 Å². The molecule has 1 aliphatic heterocycles. The van der Waals surface area contributed by atoms with Crippen LogP contribution in [0.15, 0.2) is 36.9 Å². The number of hydrogen-bond acceptors (Lipinski definition) is 6. The minimum absolute atomic E-state index is 0.261. The number of methoxy groups -OCH3 is 1. The number of aromatic nitrogens is 5. The number of aryl methyl sites for hydroxylation is 1. The van der Waals surface area contributed by atoms with Crippen LogP contribution in [0.2, 0.25) is 0 Å². The number of hydrogen-bond donors (Lipinski definition) is 0. The Labute approximate surface area is 181 Å². The van der Waals surface area contributed by atoms with Gasteiger partial charge in [0.05, 0.1) is 31.0 Å². The fraction of sp³-hybridized carbons (Fsp3) is 0.455. The molecule has 0 unspecified atom stereocenters. The Morgan fingerprint density at radius 3 is 2.65 bits per heavy atom. The van der Waals surface area contributed by atoms with Gasteiger partial charge in [-0.15, -0.1) is 5.10 Å². The topological polar surface area (TPSA) is 87.3 Å². The average molecular weight is 425 g/mol. The molecule has 0 radical (unpaired) electrons. The second-order valence-corrected chi connectivity index (χ2v) is 8.89. The summed E-state index contributed by atoms with van der Waals surface area (Å²) >= 11 is 0. The van der Waals surface area contributed by atoms with Crippen molar-refractivity contribution in [2.75, 3.05) is 20.2 Å². The lowest BCUT2D eigenvalue weighted by atomic mass is 10.0. The van der Waals surface area contributed by atoms with Crippen molar-refractivity contribution in [3.63, 3.8) is 0 Å². The molecule has 0 spiro atoms. The second kappa shape index (κ2) is 8.05. The van der Waals surface area contributed by atoms with Crippen LogP contribution < -0.4 is 4.74 Å².